The Kier molecular flexibility index (Phi) is 23.0. The minimum Gasteiger partial charge on any atom is -1.00 e. The molecule has 1 amide bonds. The molecule has 1 fully saturated rings. The van der Waals surface area contributed by atoms with Crippen molar-refractivity contribution >= 4 is 45.8 Å². The molecule has 0 bridgehead atoms. The van der Waals surface area contributed by atoms with Crippen LogP contribution in [-0.4, -0.2) is 70.6 Å². The van der Waals surface area contributed by atoms with Crippen molar-refractivity contribution in [1.82, 2.24) is 5.32 Å². The number of nitrogens with one attached hydrogen (secondary N) is 1. The van der Waals surface area contributed by atoms with Gasteiger partial charge in [-0.25, -0.2) is 26.7 Å². The quantitative estimate of drug-likeness (QED) is 0.107. The maximum Gasteiger partial charge on any atom is 2.00 e. The molecule has 1 atom stereocenters. The molecule has 3 rings (SSSR count). The number of halogens is 7. The van der Waals surface area contributed by atoms with Gasteiger partial charge in [0, 0.05) is 37.0 Å². The van der Waals surface area contributed by atoms with Gasteiger partial charge in [0.2, 0.25) is 0 Å². The summed E-state index contributed by atoms with van der Waals surface area (Å²) in [6, 6.07) is 3.69. The van der Waals surface area contributed by atoms with Crippen LogP contribution in [0.2, 0.25) is 36.3 Å². The summed E-state index contributed by atoms with van der Waals surface area (Å²) in [5.74, 6) is -5.40. The van der Waals surface area contributed by atoms with Crippen molar-refractivity contribution in [1.29, 1.82) is 0 Å². The van der Waals surface area contributed by atoms with Crippen molar-refractivity contribution in [3.63, 3.8) is 0 Å². The van der Waals surface area contributed by atoms with E-state index in [4.69, 9.17) is 13.6 Å². The molecule has 0 saturated heterocycles. The largest absolute Gasteiger partial charge is 2.00 e. The molecule has 1 aliphatic carbocycles. The van der Waals surface area contributed by atoms with E-state index in [9.17, 15) is 31.1 Å². The normalized spacial score (nSPS) is 13.9. The maximum absolute atomic E-state index is 14.1. The zero-order valence-corrected chi connectivity index (χ0v) is 38.9. The molecule has 15 heteroatoms. The third-order valence-electron chi connectivity index (χ3n) is 9.32. The van der Waals surface area contributed by atoms with E-state index in [2.05, 4.69) is 73.0 Å². The van der Waals surface area contributed by atoms with Crippen LogP contribution >= 0.6 is 0 Å². The van der Waals surface area contributed by atoms with Crippen LogP contribution in [0.3, 0.4) is 0 Å². The Bertz CT molecular complexity index is 1410. The molecule has 0 aromatic heterocycles. The Labute approximate surface area is 343 Å². The van der Waals surface area contributed by atoms with Gasteiger partial charge in [0.25, 0.3) is 0 Å². The fourth-order valence-corrected chi connectivity index (χ4v) is 6.01. The molecule has 0 radical (unpaired) electrons. The van der Waals surface area contributed by atoms with Crippen molar-refractivity contribution in [2.24, 2.45) is 5.92 Å². The Morgan fingerprint density at radius 2 is 1.25 bits per heavy atom. The van der Waals surface area contributed by atoms with E-state index in [0.717, 1.165) is 18.6 Å². The van der Waals surface area contributed by atoms with E-state index in [1.807, 2.05) is 6.07 Å². The van der Waals surface area contributed by atoms with Crippen LogP contribution in [0.5, 0.6) is 0 Å². The van der Waals surface area contributed by atoms with Crippen LogP contribution in [0.1, 0.15) is 93.6 Å². The van der Waals surface area contributed by atoms with Crippen molar-refractivity contribution in [2.45, 2.75) is 142 Å². The topological polar surface area (TPSA) is 56.8 Å². The predicted octanol–water partition coefficient (Wildman–Crippen LogP) is 8.29. The summed E-state index contributed by atoms with van der Waals surface area (Å²) in [4.78, 5) is 12.2. The molecule has 1 N–H and O–H groups in total. The first-order chi connectivity index (χ1) is 23.0. The van der Waals surface area contributed by atoms with E-state index in [1.165, 1.54) is 19.3 Å². The van der Waals surface area contributed by atoms with Crippen molar-refractivity contribution in [3.8, 4) is 0 Å². The third kappa shape index (κ3) is 21.1. The fourth-order valence-electron chi connectivity index (χ4n) is 3.88. The molecule has 300 valence electrons. The zero-order chi connectivity index (χ0) is 39.6. The van der Waals surface area contributed by atoms with E-state index in [1.54, 1.807) is 20.8 Å². The second-order valence-electron chi connectivity index (χ2n) is 17.1. The van der Waals surface area contributed by atoms with Gasteiger partial charge in [-0.05, 0) is 93.8 Å². The second kappa shape index (κ2) is 22.6. The molecule has 0 aliphatic heterocycles. The number of carbonyl (C=O) groups is 1. The molecule has 1 aliphatic rings. The summed E-state index contributed by atoms with van der Waals surface area (Å²) < 4.78 is 94.1. The van der Waals surface area contributed by atoms with E-state index < -0.39 is 69.3 Å². The van der Waals surface area contributed by atoms with Crippen LogP contribution in [0.4, 0.5) is 31.1 Å². The second-order valence-corrected chi connectivity index (χ2v) is 26.7. The van der Waals surface area contributed by atoms with Gasteiger partial charge < -0.3 is 35.9 Å². The monoisotopic (exact) mass is 867 g/mol. The number of rotatable bonds is 11. The number of ether oxygens (including phenoxy) is 1. The third-order valence-corrected chi connectivity index (χ3v) is 18.4. The Balaban J connectivity index is 0. The van der Waals surface area contributed by atoms with Crippen LogP contribution in [0.15, 0.2) is 24.3 Å². The summed E-state index contributed by atoms with van der Waals surface area (Å²) in [5.41, 5.74) is -0.711. The molecular weight excluding hydrogens is 809 g/mol. The molecular formula is C38H60BrF6MgNO4Si2. The first-order valence-corrected chi connectivity index (χ1v) is 23.3. The number of alkyl carbamates (subject to hydrolysis) is 1. The van der Waals surface area contributed by atoms with Crippen molar-refractivity contribution < 1.29 is 61.7 Å². The number of hydrogen-bond acceptors (Lipinski definition) is 4. The van der Waals surface area contributed by atoms with Gasteiger partial charge in [-0.2, -0.15) is 0 Å². The van der Waals surface area contributed by atoms with Gasteiger partial charge >= 0.3 is 29.1 Å². The smallest absolute Gasteiger partial charge is 1.00 e. The van der Waals surface area contributed by atoms with E-state index >= 15 is 0 Å². The molecule has 53 heavy (non-hydrogen) atoms. The van der Waals surface area contributed by atoms with E-state index in [-0.39, 0.29) is 57.1 Å². The summed E-state index contributed by atoms with van der Waals surface area (Å²) in [6.45, 7) is 28.7. The summed E-state index contributed by atoms with van der Waals surface area (Å²) in [6.07, 6.45) is 3.90. The van der Waals surface area contributed by atoms with Gasteiger partial charge in [0.15, 0.2) is 28.3 Å². The minimum absolute atomic E-state index is 0. The summed E-state index contributed by atoms with van der Waals surface area (Å²) in [5, 5.41) is 3.09. The minimum atomic E-state index is -2.00. The van der Waals surface area contributed by atoms with Crippen LogP contribution in [0.25, 0.3) is 0 Å². The summed E-state index contributed by atoms with van der Waals surface area (Å²) in [7, 11) is -3.44. The Morgan fingerprint density at radius 3 is 1.68 bits per heavy atom. The van der Waals surface area contributed by atoms with Gasteiger partial charge in [0.1, 0.15) is 11.4 Å². The maximum atomic E-state index is 14.1. The SMILES string of the molecule is CC(C)(C)OC(=O)N[C@@H](CCO[Si](C)(C)C(C)(C)C)Cc1cc(F)c(F)cc1F.CC(C)(C)[Si](C)(C)OCCC1CC1.Fc1[c-]cc(F)c(F)c1.[Br-].[Mg+2]. The van der Waals surface area contributed by atoms with Gasteiger partial charge in [0.05, 0.1) is 5.82 Å². The molecule has 5 nitrogen and oxygen atoms in total. The number of carbonyl (C=O) groups excluding carboxylic acids is 1. The van der Waals surface area contributed by atoms with Gasteiger partial charge in [-0.15, -0.1) is 12.1 Å². The predicted molar refractivity (Wildman–Crippen MR) is 202 cm³/mol. The molecule has 2 aromatic carbocycles. The Morgan fingerprint density at radius 1 is 0.774 bits per heavy atom. The van der Waals surface area contributed by atoms with Crippen LogP contribution in [0, 0.1) is 46.9 Å². The van der Waals surface area contributed by atoms with Crippen LogP contribution in [-0.2, 0) is 20.0 Å². The standard InChI is InChI=1S/C21H34F3NO3Si.C11H24OSi.C6H2F3.BrH.Mg/c1-20(2,3)28-19(26)25-15(9-10-27-29(7,8)21(4,5)6)11-14-12-17(23)18(24)13-16(14)22;1-11(2,3)13(4,5)12-9-8-10-6-7-10;7-4-1-2-5(8)6(9)3-4;;/h12-13,15H,9-11H2,1-8H3,(H,25,26);10H,6-9H2,1-5H3;2-3H;1H;/q;;-1;;+2/p-1/t15-;;;;/m0..../s1. The average Bonchev–Trinajstić information content (AvgIpc) is 3.76. The van der Waals surface area contributed by atoms with Gasteiger partial charge in [-0.3, -0.25) is 4.39 Å². The molecule has 0 unspecified atom stereocenters. The Hall–Kier alpha value is -1.11. The first kappa shape index (κ1) is 54.0. The number of hydrogen-bond donors (Lipinski definition) is 1. The van der Waals surface area contributed by atoms with Crippen molar-refractivity contribution in [3.05, 3.63) is 70.8 Å². The first-order valence-electron chi connectivity index (χ1n) is 17.5. The zero-order valence-electron chi connectivity index (χ0n) is 33.9. The number of benzene rings is 2. The molecule has 0 spiro atoms. The van der Waals surface area contributed by atoms with Crippen LogP contribution < -0.4 is 22.3 Å². The van der Waals surface area contributed by atoms with E-state index in [0.29, 0.717) is 36.3 Å². The average molecular weight is 869 g/mol. The molecule has 2 aromatic rings. The molecule has 0 heterocycles. The summed E-state index contributed by atoms with van der Waals surface area (Å²) >= 11 is 0. The fraction of sp³-hybridized carbons (Fsp3) is 0.658. The molecule has 1 saturated carbocycles. The number of amides is 1. The van der Waals surface area contributed by atoms with Gasteiger partial charge in [-0.1, -0.05) is 60.5 Å². The van der Waals surface area contributed by atoms with Crippen molar-refractivity contribution in [2.75, 3.05) is 13.2 Å².